The number of hydrogen-bond acceptors (Lipinski definition) is 4. The van der Waals surface area contributed by atoms with E-state index in [2.05, 4.69) is 17.0 Å². The van der Waals surface area contributed by atoms with Gasteiger partial charge in [-0.15, -0.1) is 0 Å². The van der Waals surface area contributed by atoms with Gasteiger partial charge >= 0.3 is 5.97 Å². The zero-order chi connectivity index (χ0) is 12.2. The number of Topliss-reactive ketones (excluding diaryl/α,β-unsaturated/α-hetero) is 1. The van der Waals surface area contributed by atoms with Gasteiger partial charge in [-0.3, -0.25) is 4.79 Å². The average molecular weight is 229 g/mol. The highest BCUT2D eigenvalue weighted by Crippen LogP contribution is 1.97. The van der Waals surface area contributed by atoms with E-state index in [4.69, 9.17) is 0 Å². The molecule has 0 spiro atoms. The van der Waals surface area contributed by atoms with E-state index in [-0.39, 0.29) is 13.0 Å². The van der Waals surface area contributed by atoms with Crippen LogP contribution in [-0.2, 0) is 14.3 Å². The zero-order valence-electron chi connectivity index (χ0n) is 10.4. The van der Waals surface area contributed by atoms with Gasteiger partial charge in [-0.25, -0.2) is 4.79 Å². The van der Waals surface area contributed by atoms with E-state index in [0.29, 0.717) is 6.54 Å². The van der Waals surface area contributed by atoms with Crippen molar-refractivity contribution < 1.29 is 14.3 Å². The van der Waals surface area contributed by atoms with Gasteiger partial charge in [0, 0.05) is 13.0 Å². The second-order valence-electron chi connectivity index (χ2n) is 3.70. The number of rotatable bonds is 10. The molecule has 0 heterocycles. The predicted octanol–water partition coefficient (Wildman–Crippen LogP) is 1.68. The van der Waals surface area contributed by atoms with E-state index in [1.807, 2.05) is 0 Å². The minimum absolute atomic E-state index is 0.229. The molecule has 0 saturated carbocycles. The second-order valence-corrected chi connectivity index (χ2v) is 3.70. The first-order chi connectivity index (χ1) is 7.72. The van der Waals surface area contributed by atoms with Crippen molar-refractivity contribution in [2.45, 2.75) is 46.0 Å². The summed E-state index contributed by atoms with van der Waals surface area (Å²) >= 11 is 0. The van der Waals surface area contributed by atoms with Crippen LogP contribution in [0.25, 0.3) is 0 Å². The van der Waals surface area contributed by atoms with E-state index >= 15 is 0 Å². The molecule has 0 fully saturated rings. The van der Waals surface area contributed by atoms with Gasteiger partial charge in [-0.2, -0.15) is 0 Å². The Bertz CT molecular complexity index is 204. The van der Waals surface area contributed by atoms with Gasteiger partial charge in [-0.05, 0) is 19.9 Å². The molecule has 0 atom stereocenters. The number of carbonyl (C=O) groups is 2. The normalized spacial score (nSPS) is 10.1. The maximum Gasteiger partial charge on any atom is 0.374 e. The van der Waals surface area contributed by atoms with Crippen LogP contribution in [0.1, 0.15) is 46.0 Å². The third kappa shape index (κ3) is 8.41. The minimum atomic E-state index is -0.713. The van der Waals surface area contributed by atoms with Crippen LogP contribution in [0, 0.1) is 0 Å². The molecule has 94 valence electrons. The lowest BCUT2D eigenvalue weighted by Crippen LogP contribution is -2.24. The monoisotopic (exact) mass is 229 g/mol. The Morgan fingerprint density at radius 1 is 1.06 bits per heavy atom. The molecule has 4 nitrogen and oxygen atoms in total. The van der Waals surface area contributed by atoms with Crippen molar-refractivity contribution in [2.24, 2.45) is 0 Å². The smallest absolute Gasteiger partial charge is 0.374 e. The third-order valence-electron chi connectivity index (χ3n) is 2.24. The highest BCUT2D eigenvalue weighted by atomic mass is 16.5. The molecular formula is C12H23NO3. The lowest BCUT2D eigenvalue weighted by atomic mass is 10.2. The van der Waals surface area contributed by atoms with Gasteiger partial charge in [0.2, 0.25) is 5.78 Å². The van der Waals surface area contributed by atoms with E-state index < -0.39 is 11.8 Å². The Labute approximate surface area is 97.7 Å². The summed E-state index contributed by atoms with van der Waals surface area (Å²) in [5, 5.41) is 3.14. The molecule has 0 saturated heterocycles. The third-order valence-corrected chi connectivity index (χ3v) is 2.24. The summed E-state index contributed by atoms with van der Waals surface area (Å²) < 4.78 is 4.60. The van der Waals surface area contributed by atoms with Gasteiger partial charge < -0.3 is 10.1 Å². The summed E-state index contributed by atoms with van der Waals surface area (Å²) in [6.45, 7) is 5.59. The van der Waals surface area contributed by atoms with E-state index in [0.717, 1.165) is 13.0 Å². The number of ether oxygens (including phenoxy) is 1. The Morgan fingerprint density at radius 2 is 1.81 bits per heavy atom. The Kier molecular flexibility index (Phi) is 10.0. The largest absolute Gasteiger partial charge is 0.460 e. The van der Waals surface area contributed by atoms with Crippen LogP contribution in [0.2, 0.25) is 0 Å². The molecule has 0 radical (unpaired) electrons. The van der Waals surface area contributed by atoms with E-state index in [1.165, 1.54) is 19.3 Å². The van der Waals surface area contributed by atoms with Crippen LogP contribution in [0.5, 0.6) is 0 Å². The molecule has 0 bridgehead atoms. The molecule has 0 aliphatic rings. The molecule has 0 unspecified atom stereocenters. The average Bonchev–Trinajstić information content (AvgIpc) is 2.28. The highest BCUT2D eigenvalue weighted by molar-refractivity contribution is 6.33. The number of nitrogens with one attached hydrogen (secondary N) is 1. The van der Waals surface area contributed by atoms with Crippen molar-refractivity contribution >= 4 is 11.8 Å². The molecule has 1 N–H and O–H groups in total. The maximum absolute atomic E-state index is 11.2. The molecule has 0 aliphatic carbocycles. The number of unbranched alkanes of at least 4 members (excludes halogenated alkanes) is 3. The summed E-state index contributed by atoms with van der Waals surface area (Å²) in [6, 6.07) is 0. The van der Waals surface area contributed by atoms with Gasteiger partial charge in [0.1, 0.15) is 0 Å². The highest BCUT2D eigenvalue weighted by Gasteiger charge is 2.13. The van der Waals surface area contributed by atoms with Crippen molar-refractivity contribution in [3.05, 3.63) is 0 Å². The quantitative estimate of drug-likeness (QED) is 0.352. The van der Waals surface area contributed by atoms with Crippen molar-refractivity contribution in [1.82, 2.24) is 5.32 Å². The number of carbonyl (C=O) groups excluding carboxylic acids is 2. The zero-order valence-corrected chi connectivity index (χ0v) is 10.4. The molecule has 4 heteroatoms. The molecule has 0 aromatic rings. The van der Waals surface area contributed by atoms with Crippen molar-refractivity contribution in [3.63, 3.8) is 0 Å². The first-order valence-corrected chi connectivity index (χ1v) is 6.13. The van der Waals surface area contributed by atoms with Gasteiger partial charge in [0.05, 0.1) is 6.61 Å². The van der Waals surface area contributed by atoms with Crippen LogP contribution in [0.4, 0.5) is 0 Å². The number of ketones is 1. The van der Waals surface area contributed by atoms with Gasteiger partial charge in [0.15, 0.2) is 0 Å². The van der Waals surface area contributed by atoms with Gasteiger partial charge in [-0.1, -0.05) is 26.2 Å². The minimum Gasteiger partial charge on any atom is -0.460 e. The van der Waals surface area contributed by atoms with Crippen LogP contribution < -0.4 is 5.32 Å². The van der Waals surface area contributed by atoms with Gasteiger partial charge in [0.25, 0.3) is 0 Å². The van der Waals surface area contributed by atoms with Crippen LogP contribution in [-0.4, -0.2) is 31.4 Å². The Balaban J connectivity index is 3.31. The maximum atomic E-state index is 11.2. The lowest BCUT2D eigenvalue weighted by molar-refractivity contribution is -0.153. The van der Waals surface area contributed by atoms with Crippen LogP contribution in [0.15, 0.2) is 0 Å². The van der Waals surface area contributed by atoms with Crippen LogP contribution >= 0.6 is 0 Å². The van der Waals surface area contributed by atoms with E-state index in [1.54, 1.807) is 6.92 Å². The summed E-state index contributed by atoms with van der Waals surface area (Å²) in [5.74, 6) is -1.15. The Morgan fingerprint density at radius 3 is 2.44 bits per heavy atom. The van der Waals surface area contributed by atoms with E-state index in [9.17, 15) is 9.59 Å². The van der Waals surface area contributed by atoms with Crippen molar-refractivity contribution in [3.8, 4) is 0 Å². The summed E-state index contributed by atoms with van der Waals surface area (Å²) in [6.07, 6.45) is 5.05. The standard InChI is InChI=1S/C12H23NO3/c1-3-5-6-7-9-13-10-8-11(14)12(15)16-4-2/h13H,3-10H2,1-2H3. The molecular weight excluding hydrogens is 206 g/mol. The molecule has 16 heavy (non-hydrogen) atoms. The fourth-order valence-electron chi connectivity index (χ4n) is 1.32. The molecule has 0 amide bonds. The van der Waals surface area contributed by atoms with Crippen molar-refractivity contribution in [2.75, 3.05) is 19.7 Å². The lowest BCUT2D eigenvalue weighted by Gasteiger charge is -2.03. The summed E-state index contributed by atoms with van der Waals surface area (Å²) in [7, 11) is 0. The molecule has 0 aliphatic heterocycles. The predicted molar refractivity (Wildman–Crippen MR) is 63.3 cm³/mol. The first-order valence-electron chi connectivity index (χ1n) is 6.13. The second kappa shape index (κ2) is 10.6. The number of hydrogen-bond donors (Lipinski definition) is 1. The molecule has 0 aromatic carbocycles. The summed E-state index contributed by atoms with van der Waals surface area (Å²) in [4.78, 5) is 22.1. The molecule has 0 rings (SSSR count). The van der Waals surface area contributed by atoms with Crippen LogP contribution in [0.3, 0.4) is 0 Å². The topological polar surface area (TPSA) is 55.4 Å². The van der Waals surface area contributed by atoms with Crippen molar-refractivity contribution in [1.29, 1.82) is 0 Å². The first kappa shape index (κ1) is 15.1. The fraction of sp³-hybridized carbons (Fsp3) is 0.833. The molecule has 0 aromatic heterocycles. The number of esters is 1. The fourth-order valence-corrected chi connectivity index (χ4v) is 1.32. The summed E-state index contributed by atoms with van der Waals surface area (Å²) in [5.41, 5.74) is 0. The SMILES string of the molecule is CCCCCCNCCC(=O)C(=O)OCC. The Hall–Kier alpha value is -0.900.